The zero-order valence-corrected chi connectivity index (χ0v) is 42.0. The molecule has 0 aromatic rings. The average Bonchev–Trinajstić information content (AvgIpc) is 3.19. The van der Waals surface area contributed by atoms with Crippen molar-refractivity contribution in [2.24, 2.45) is 32.5 Å². The van der Waals surface area contributed by atoms with Gasteiger partial charge in [0.15, 0.2) is 0 Å². The summed E-state index contributed by atoms with van der Waals surface area (Å²) < 4.78 is 1.04. The summed E-state index contributed by atoms with van der Waals surface area (Å²) in [4.78, 5) is 0. The molecule has 0 aromatic carbocycles. The van der Waals surface area contributed by atoms with E-state index in [1.807, 2.05) is 0 Å². The van der Waals surface area contributed by atoms with Gasteiger partial charge in [0, 0.05) is 0 Å². The van der Waals surface area contributed by atoms with E-state index in [4.69, 9.17) is 0 Å². The average molecular weight is 770 g/mol. The van der Waals surface area contributed by atoms with Crippen molar-refractivity contribution in [3.8, 4) is 0 Å². The van der Waals surface area contributed by atoms with E-state index in [0.717, 1.165) is 0 Å². The standard InChI is InChI=1S/3C17H35.Cr/c3*1-8-15(14-16(7,9-2)10-3)17(11-4,12-5)13-6;/h3*8-14H2,1-7H3;. The Morgan fingerprint density at radius 3 is 0.481 bits per heavy atom. The van der Waals surface area contributed by atoms with E-state index in [1.165, 1.54) is 135 Å². The summed E-state index contributed by atoms with van der Waals surface area (Å²) in [7, 11) is 0. The first-order valence-corrected chi connectivity index (χ1v) is 26.0. The van der Waals surface area contributed by atoms with Gasteiger partial charge in [-0.1, -0.05) is 0 Å². The summed E-state index contributed by atoms with van der Waals surface area (Å²) in [6.45, 7) is 55.8. The predicted molar refractivity (Wildman–Crippen MR) is 239 cm³/mol. The fraction of sp³-hybridized carbons (Fsp3) is 1.00. The molecule has 3 unspecified atom stereocenters. The normalized spacial score (nSPS) is 17.7. The molecule has 0 amide bonds. The Labute approximate surface area is 338 Å². The van der Waals surface area contributed by atoms with Crippen LogP contribution in [0.15, 0.2) is 0 Å². The molecule has 0 aliphatic heterocycles. The van der Waals surface area contributed by atoms with Crippen molar-refractivity contribution in [3.63, 3.8) is 0 Å². The summed E-state index contributed by atoms with van der Waals surface area (Å²) in [6, 6.07) is 0. The van der Waals surface area contributed by atoms with Gasteiger partial charge in [0.25, 0.3) is 0 Å². The van der Waals surface area contributed by atoms with Gasteiger partial charge in [-0.05, 0) is 0 Å². The molecule has 52 heavy (non-hydrogen) atoms. The number of rotatable bonds is 30. The first-order valence-electron chi connectivity index (χ1n) is 24.1. The van der Waals surface area contributed by atoms with E-state index in [2.05, 4.69) is 145 Å². The van der Waals surface area contributed by atoms with Crippen molar-refractivity contribution in [2.75, 3.05) is 0 Å². The Bertz CT molecular complexity index is 803. The van der Waals surface area contributed by atoms with E-state index in [9.17, 15) is 0 Å². The summed E-state index contributed by atoms with van der Waals surface area (Å²) in [6.07, 6.45) is 28.3. The Kier molecular flexibility index (Phi) is 21.6. The molecular formula is C51H105Cr. The Morgan fingerprint density at radius 2 is 0.385 bits per heavy atom. The quantitative estimate of drug-likeness (QED) is 0.0682. The number of hydrogen-bond acceptors (Lipinski definition) is 0. The molecule has 3 atom stereocenters. The van der Waals surface area contributed by atoms with E-state index in [0.29, 0.717) is 45.3 Å². The SMILES string of the molecule is CCC(C)(CC)C[C](CC)([Cr]([C](CC)(CC(C)(CC)CC)C(CC)(CC)CC)[C](CC)(CC(C)(CC)CC)C(CC)(CC)CC)C(CC)(CC)CC. The third kappa shape index (κ3) is 8.98. The summed E-state index contributed by atoms with van der Waals surface area (Å²) >= 11 is -1.65. The van der Waals surface area contributed by atoms with Crippen LogP contribution in [-0.4, -0.2) is 0 Å². The van der Waals surface area contributed by atoms with Gasteiger partial charge in [0.1, 0.15) is 0 Å². The van der Waals surface area contributed by atoms with Gasteiger partial charge in [-0.15, -0.1) is 0 Å². The molecule has 0 heterocycles. The van der Waals surface area contributed by atoms with Gasteiger partial charge in [0.05, 0.1) is 0 Å². The van der Waals surface area contributed by atoms with Crippen LogP contribution in [0.25, 0.3) is 0 Å². The Morgan fingerprint density at radius 1 is 0.231 bits per heavy atom. The van der Waals surface area contributed by atoms with Crippen molar-refractivity contribution in [2.45, 2.75) is 293 Å². The molecule has 0 rings (SSSR count). The van der Waals surface area contributed by atoms with Crippen LogP contribution >= 0.6 is 0 Å². The van der Waals surface area contributed by atoms with E-state index in [-0.39, 0.29) is 0 Å². The monoisotopic (exact) mass is 770 g/mol. The van der Waals surface area contributed by atoms with Crippen LogP contribution in [0.4, 0.5) is 0 Å². The fourth-order valence-electron chi connectivity index (χ4n) is 13.2. The number of hydrogen-bond donors (Lipinski definition) is 0. The first kappa shape index (κ1) is 52.5. The Hall–Kier alpha value is 0.532. The molecule has 315 valence electrons. The van der Waals surface area contributed by atoms with Crippen molar-refractivity contribution < 1.29 is 14.1 Å². The van der Waals surface area contributed by atoms with Gasteiger partial charge in [-0.2, -0.15) is 0 Å². The predicted octanol–water partition coefficient (Wildman–Crippen LogP) is 19.6. The van der Waals surface area contributed by atoms with Crippen LogP contribution < -0.4 is 0 Å². The zero-order chi connectivity index (χ0) is 40.9. The van der Waals surface area contributed by atoms with Gasteiger partial charge < -0.3 is 0 Å². The van der Waals surface area contributed by atoms with Crippen molar-refractivity contribution in [1.82, 2.24) is 0 Å². The Balaban J connectivity index is 10.2. The molecule has 0 aliphatic carbocycles. The van der Waals surface area contributed by atoms with E-state index >= 15 is 0 Å². The van der Waals surface area contributed by atoms with Crippen LogP contribution in [0.3, 0.4) is 0 Å². The third-order valence-corrected chi connectivity index (χ3v) is 26.9. The molecule has 0 aromatic heterocycles. The maximum atomic E-state index is 2.76. The zero-order valence-electron chi connectivity index (χ0n) is 40.8. The molecule has 0 saturated carbocycles. The summed E-state index contributed by atoms with van der Waals surface area (Å²) in [5, 5.41) is 0. The molecule has 0 spiro atoms. The second-order valence-corrected chi connectivity index (χ2v) is 24.1. The van der Waals surface area contributed by atoms with Gasteiger partial charge in [-0.3, -0.25) is 0 Å². The molecule has 0 radical (unpaired) electrons. The summed E-state index contributed by atoms with van der Waals surface area (Å²) in [5.74, 6) is 0. The van der Waals surface area contributed by atoms with Crippen LogP contribution in [0.5, 0.6) is 0 Å². The molecule has 0 N–H and O–H groups in total. The van der Waals surface area contributed by atoms with Gasteiger partial charge in [0.2, 0.25) is 0 Å². The molecule has 0 saturated heterocycles. The van der Waals surface area contributed by atoms with E-state index < -0.39 is 14.1 Å². The second-order valence-electron chi connectivity index (χ2n) is 19.5. The maximum absolute atomic E-state index is 2.76. The minimum absolute atomic E-state index is 0.346. The van der Waals surface area contributed by atoms with Gasteiger partial charge in [-0.25, -0.2) is 0 Å². The van der Waals surface area contributed by atoms with Crippen molar-refractivity contribution >= 4 is 0 Å². The van der Waals surface area contributed by atoms with Crippen LogP contribution in [-0.2, 0) is 14.1 Å². The second kappa shape index (κ2) is 21.3. The summed E-state index contributed by atoms with van der Waals surface area (Å²) in [5.41, 5.74) is 2.14. The van der Waals surface area contributed by atoms with E-state index in [1.54, 1.807) is 0 Å². The fourth-order valence-corrected chi connectivity index (χ4v) is 24.4. The third-order valence-electron chi connectivity index (χ3n) is 19.1. The molecule has 0 bridgehead atoms. The molecule has 0 aliphatic rings. The van der Waals surface area contributed by atoms with Crippen LogP contribution in [0.1, 0.15) is 280 Å². The molecule has 0 fully saturated rings. The molecule has 0 nitrogen and oxygen atoms in total. The van der Waals surface area contributed by atoms with Crippen molar-refractivity contribution in [1.29, 1.82) is 0 Å². The van der Waals surface area contributed by atoms with Crippen molar-refractivity contribution in [3.05, 3.63) is 0 Å². The molecular weight excluding hydrogens is 665 g/mol. The minimum atomic E-state index is -1.65. The first-order chi connectivity index (χ1) is 24.3. The molecule has 1 heteroatoms. The van der Waals surface area contributed by atoms with Crippen LogP contribution in [0, 0.1) is 32.5 Å². The van der Waals surface area contributed by atoms with Crippen LogP contribution in [0.2, 0.25) is 12.8 Å². The van der Waals surface area contributed by atoms with Gasteiger partial charge >= 0.3 is 340 Å². The topological polar surface area (TPSA) is 0 Å².